The van der Waals surface area contributed by atoms with Crippen LogP contribution in [0.1, 0.15) is 16.7 Å². The molecule has 0 saturated carbocycles. The molecule has 0 N–H and O–H groups in total. The highest BCUT2D eigenvalue weighted by atomic mass is 14.7. The van der Waals surface area contributed by atoms with Gasteiger partial charge in [0.15, 0.2) is 0 Å². The van der Waals surface area contributed by atoms with Gasteiger partial charge in [0.1, 0.15) is 0 Å². The number of nitrogens with zero attached hydrogens (tertiary/aromatic N) is 2. The van der Waals surface area contributed by atoms with Gasteiger partial charge in [-0.1, -0.05) is 60.7 Å². The quantitative estimate of drug-likeness (QED) is 0.656. The molecule has 0 atom stereocenters. The van der Waals surface area contributed by atoms with Crippen molar-refractivity contribution in [2.75, 3.05) is 0 Å². The lowest BCUT2D eigenvalue weighted by Crippen LogP contribution is -2.03. The minimum Gasteiger partial charge on any atom is -0.279 e. The van der Waals surface area contributed by atoms with Crippen molar-refractivity contribution < 1.29 is 0 Å². The van der Waals surface area contributed by atoms with Crippen LogP contribution < -0.4 is 0 Å². The summed E-state index contributed by atoms with van der Waals surface area (Å²) in [6.45, 7) is 0.654. The van der Waals surface area contributed by atoms with E-state index in [1.165, 1.54) is 0 Å². The number of pyridine rings is 1. The molecule has 0 aliphatic heterocycles. The van der Waals surface area contributed by atoms with Crippen molar-refractivity contribution >= 4 is 5.71 Å². The summed E-state index contributed by atoms with van der Waals surface area (Å²) in [5.74, 6) is 0. The van der Waals surface area contributed by atoms with Crippen molar-refractivity contribution in [1.29, 1.82) is 0 Å². The fraction of sp³-hybridized carbons (Fsp3) is 0.0526. The van der Waals surface area contributed by atoms with E-state index in [1.807, 2.05) is 48.5 Å². The Hall–Kier alpha value is -2.74. The predicted octanol–water partition coefficient (Wildman–Crippen LogP) is 4.12. The zero-order valence-electron chi connectivity index (χ0n) is 11.7. The van der Waals surface area contributed by atoms with Crippen LogP contribution in [0.2, 0.25) is 0 Å². The number of aromatic nitrogens is 1. The van der Waals surface area contributed by atoms with Gasteiger partial charge in [0.05, 0.1) is 12.3 Å². The molecular weight excluding hydrogens is 256 g/mol. The number of rotatable bonds is 4. The summed E-state index contributed by atoms with van der Waals surface area (Å²) in [4.78, 5) is 8.86. The molecule has 1 heterocycles. The van der Waals surface area contributed by atoms with E-state index in [2.05, 4.69) is 29.2 Å². The highest BCUT2D eigenvalue weighted by Crippen LogP contribution is 2.12. The second kappa shape index (κ2) is 6.62. The van der Waals surface area contributed by atoms with E-state index in [4.69, 9.17) is 4.99 Å². The molecule has 102 valence electrons. The smallest absolute Gasteiger partial charge is 0.0723 e. The number of benzene rings is 2. The Morgan fingerprint density at radius 2 is 1.24 bits per heavy atom. The number of hydrogen-bond acceptors (Lipinski definition) is 2. The summed E-state index contributed by atoms with van der Waals surface area (Å²) in [5, 5.41) is 0. The minimum atomic E-state index is 0.654. The topological polar surface area (TPSA) is 25.2 Å². The molecule has 0 bridgehead atoms. The summed E-state index contributed by atoms with van der Waals surface area (Å²) in [5.41, 5.74) is 4.46. The third-order valence-corrected chi connectivity index (χ3v) is 3.26. The van der Waals surface area contributed by atoms with E-state index in [0.29, 0.717) is 6.54 Å². The van der Waals surface area contributed by atoms with Crippen LogP contribution in [0, 0.1) is 0 Å². The van der Waals surface area contributed by atoms with Gasteiger partial charge >= 0.3 is 0 Å². The molecule has 2 aromatic carbocycles. The van der Waals surface area contributed by atoms with E-state index in [-0.39, 0.29) is 0 Å². The summed E-state index contributed by atoms with van der Waals surface area (Å²) < 4.78 is 0. The molecule has 0 saturated heterocycles. The maximum atomic E-state index is 4.82. The molecule has 1 aromatic heterocycles. The van der Waals surface area contributed by atoms with Gasteiger partial charge in [0.2, 0.25) is 0 Å². The number of aliphatic imine (C=N–C) groups is 1. The normalized spacial score (nSPS) is 10.1. The molecule has 0 aliphatic rings. The van der Waals surface area contributed by atoms with Crippen LogP contribution in [0.3, 0.4) is 0 Å². The lowest BCUT2D eigenvalue weighted by Gasteiger charge is -2.07. The summed E-state index contributed by atoms with van der Waals surface area (Å²) in [7, 11) is 0. The molecule has 0 aliphatic carbocycles. The van der Waals surface area contributed by atoms with Crippen molar-refractivity contribution in [1.82, 2.24) is 4.98 Å². The van der Waals surface area contributed by atoms with Gasteiger partial charge in [-0.3, -0.25) is 9.98 Å². The average Bonchev–Trinajstić information content (AvgIpc) is 2.58. The number of hydrogen-bond donors (Lipinski definition) is 0. The third kappa shape index (κ3) is 3.42. The fourth-order valence-electron chi connectivity index (χ4n) is 2.20. The van der Waals surface area contributed by atoms with Crippen molar-refractivity contribution in [3.05, 3.63) is 102 Å². The first-order chi connectivity index (χ1) is 10.4. The van der Waals surface area contributed by atoms with Gasteiger partial charge in [-0.2, -0.15) is 0 Å². The lowest BCUT2D eigenvalue weighted by molar-refractivity contribution is 1.06. The summed E-state index contributed by atoms with van der Waals surface area (Å²) in [6, 6.07) is 24.6. The van der Waals surface area contributed by atoms with Gasteiger partial charge in [-0.15, -0.1) is 0 Å². The zero-order chi connectivity index (χ0) is 14.3. The lowest BCUT2D eigenvalue weighted by atomic mass is 10.0. The van der Waals surface area contributed by atoms with Crippen LogP contribution in [-0.2, 0) is 6.54 Å². The van der Waals surface area contributed by atoms with Gasteiger partial charge in [0.25, 0.3) is 0 Å². The second-order valence-corrected chi connectivity index (χ2v) is 4.75. The molecule has 3 aromatic rings. The highest BCUT2D eigenvalue weighted by Gasteiger charge is 2.05. The van der Waals surface area contributed by atoms with Gasteiger partial charge < -0.3 is 0 Å². The van der Waals surface area contributed by atoms with Crippen molar-refractivity contribution in [3.8, 4) is 0 Å². The maximum Gasteiger partial charge on any atom is 0.0723 e. The third-order valence-electron chi connectivity index (χ3n) is 3.26. The second-order valence-electron chi connectivity index (χ2n) is 4.75. The first-order valence-corrected chi connectivity index (χ1v) is 6.98. The molecule has 21 heavy (non-hydrogen) atoms. The molecule has 3 rings (SSSR count). The van der Waals surface area contributed by atoms with Crippen LogP contribution in [-0.4, -0.2) is 10.7 Å². The van der Waals surface area contributed by atoms with Gasteiger partial charge in [0, 0.05) is 23.5 Å². The van der Waals surface area contributed by atoms with Crippen LogP contribution in [0.15, 0.2) is 90.2 Å². The minimum absolute atomic E-state index is 0.654. The first kappa shape index (κ1) is 13.3. The van der Waals surface area contributed by atoms with E-state index >= 15 is 0 Å². The van der Waals surface area contributed by atoms with E-state index < -0.39 is 0 Å². The first-order valence-electron chi connectivity index (χ1n) is 6.98. The van der Waals surface area contributed by atoms with Crippen LogP contribution >= 0.6 is 0 Å². The molecule has 0 amide bonds. The van der Waals surface area contributed by atoms with Gasteiger partial charge in [-0.05, 0) is 17.7 Å². The monoisotopic (exact) mass is 272 g/mol. The molecular formula is C19H16N2. The van der Waals surface area contributed by atoms with Crippen molar-refractivity contribution in [2.45, 2.75) is 6.54 Å². The molecule has 0 radical (unpaired) electrons. The Morgan fingerprint density at radius 3 is 1.76 bits per heavy atom. The standard InChI is InChI=1S/C19H16N2/c1-3-7-17(8-4-1)19(18-9-5-2-6-10-18)21-15-16-11-13-20-14-12-16/h1-14H,15H2. The Kier molecular flexibility index (Phi) is 4.18. The van der Waals surface area contributed by atoms with E-state index in [9.17, 15) is 0 Å². The van der Waals surface area contributed by atoms with Crippen molar-refractivity contribution in [2.24, 2.45) is 4.99 Å². The summed E-state index contributed by atoms with van der Waals surface area (Å²) >= 11 is 0. The summed E-state index contributed by atoms with van der Waals surface area (Å²) in [6.07, 6.45) is 3.60. The fourth-order valence-corrected chi connectivity index (χ4v) is 2.20. The average molecular weight is 272 g/mol. The molecule has 2 nitrogen and oxygen atoms in total. The highest BCUT2D eigenvalue weighted by molar-refractivity contribution is 6.12. The Balaban J connectivity index is 1.97. The van der Waals surface area contributed by atoms with Crippen LogP contribution in [0.4, 0.5) is 0 Å². The van der Waals surface area contributed by atoms with Crippen LogP contribution in [0.5, 0.6) is 0 Å². The largest absolute Gasteiger partial charge is 0.279 e. The molecule has 2 heteroatoms. The van der Waals surface area contributed by atoms with Gasteiger partial charge in [-0.25, -0.2) is 0 Å². The molecule has 0 spiro atoms. The Bertz CT molecular complexity index is 663. The van der Waals surface area contributed by atoms with Crippen molar-refractivity contribution in [3.63, 3.8) is 0 Å². The van der Waals surface area contributed by atoms with Crippen LogP contribution in [0.25, 0.3) is 0 Å². The van der Waals surface area contributed by atoms with E-state index in [1.54, 1.807) is 12.4 Å². The predicted molar refractivity (Wildman–Crippen MR) is 86.5 cm³/mol. The van der Waals surface area contributed by atoms with E-state index in [0.717, 1.165) is 22.4 Å². The maximum absolute atomic E-state index is 4.82. The zero-order valence-corrected chi connectivity index (χ0v) is 11.7. The Labute approximate surface area is 124 Å². The SMILES string of the molecule is c1ccc(C(=NCc2ccncc2)c2ccccc2)cc1. The molecule has 0 unspecified atom stereocenters. The Morgan fingerprint density at radius 1 is 0.714 bits per heavy atom. The molecule has 0 fully saturated rings.